The number of aliphatic hydroxyl groups excluding tert-OH is 1. The van der Waals surface area contributed by atoms with Crippen LogP contribution in [0.15, 0.2) is 12.3 Å². The summed E-state index contributed by atoms with van der Waals surface area (Å²) in [5.41, 5.74) is 0. The third-order valence-electron chi connectivity index (χ3n) is 3.14. The summed E-state index contributed by atoms with van der Waals surface area (Å²) < 4.78 is 6.58. The molecule has 1 fully saturated rings. The van der Waals surface area contributed by atoms with Crippen molar-refractivity contribution in [2.75, 3.05) is 19.8 Å². The van der Waals surface area contributed by atoms with Crippen LogP contribution < -0.4 is 0 Å². The Bertz CT molecular complexity index is 503. The number of hydrogen-bond donors (Lipinski definition) is 1. The molecule has 0 radical (unpaired) electrons. The van der Waals surface area contributed by atoms with E-state index in [1.54, 1.807) is 4.90 Å². The molecule has 1 aliphatic heterocycles. The summed E-state index contributed by atoms with van der Waals surface area (Å²) in [6.07, 6.45) is 1.01. The molecule has 1 saturated heterocycles. The Balaban J connectivity index is 2.00. The maximum Gasteiger partial charge on any atom is 0.389 e. The highest BCUT2D eigenvalue weighted by Gasteiger charge is 2.30. The Hall–Kier alpha value is -2.00. The van der Waals surface area contributed by atoms with Gasteiger partial charge in [-0.25, -0.2) is 0 Å². The SMILES string of the molecule is CC1COC(CO)CN1C(=O)Cn1ccc([N+](=O)[O-])n1. The molecule has 1 N–H and O–H groups in total. The van der Waals surface area contributed by atoms with Gasteiger partial charge in [0.2, 0.25) is 5.91 Å². The molecule has 1 amide bonds. The number of rotatable bonds is 4. The first kappa shape index (κ1) is 14.4. The number of aliphatic hydroxyl groups is 1. The molecule has 110 valence electrons. The molecule has 0 spiro atoms. The molecule has 9 heteroatoms. The standard InChI is InChI=1S/C11H16N4O5/c1-8-7-20-9(6-16)4-14(8)11(17)5-13-3-2-10(12-13)15(18)19/h2-3,8-9,16H,4-7H2,1H3. The van der Waals surface area contributed by atoms with E-state index in [0.717, 1.165) is 0 Å². The molecule has 0 bridgehead atoms. The van der Waals surface area contributed by atoms with E-state index in [-0.39, 0.29) is 37.0 Å². The number of ether oxygens (including phenoxy) is 1. The van der Waals surface area contributed by atoms with Gasteiger partial charge in [0.05, 0.1) is 42.7 Å². The van der Waals surface area contributed by atoms with Gasteiger partial charge in [-0.2, -0.15) is 4.68 Å². The molecule has 20 heavy (non-hydrogen) atoms. The third kappa shape index (κ3) is 3.11. The number of carbonyl (C=O) groups is 1. The van der Waals surface area contributed by atoms with Gasteiger partial charge in [-0.3, -0.25) is 4.79 Å². The summed E-state index contributed by atoms with van der Waals surface area (Å²) in [4.78, 5) is 23.7. The van der Waals surface area contributed by atoms with Gasteiger partial charge in [-0.15, -0.1) is 0 Å². The lowest BCUT2D eigenvalue weighted by Gasteiger charge is -2.37. The van der Waals surface area contributed by atoms with Crippen molar-refractivity contribution in [3.8, 4) is 0 Å². The van der Waals surface area contributed by atoms with Crippen molar-refractivity contribution in [2.24, 2.45) is 0 Å². The number of morpholine rings is 1. The first-order valence-corrected chi connectivity index (χ1v) is 6.21. The van der Waals surface area contributed by atoms with Crippen LogP contribution in [0, 0.1) is 10.1 Å². The topological polar surface area (TPSA) is 111 Å². The molecule has 2 rings (SSSR count). The van der Waals surface area contributed by atoms with Gasteiger partial charge in [0, 0.05) is 6.54 Å². The molecule has 1 aliphatic rings. The van der Waals surface area contributed by atoms with Gasteiger partial charge in [0.15, 0.2) is 0 Å². The first-order chi connectivity index (χ1) is 9.51. The van der Waals surface area contributed by atoms with Crippen LogP contribution in [0.2, 0.25) is 0 Å². The molecular formula is C11H16N4O5. The lowest BCUT2D eigenvalue weighted by atomic mass is 10.2. The van der Waals surface area contributed by atoms with Crippen molar-refractivity contribution in [2.45, 2.75) is 25.6 Å². The molecule has 2 unspecified atom stereocenters. The average molecular weight is 284 g/mol. The molecular weight excluding hydrogens is 268 g/mol. The minimum absolute atomic E-state index is 0.0731. The van der Waals surface area contributed by atoms with Crippen molar-refractivity contribution in [3.05, 3.63) is 22.4 Å². The predicted octanol–water partition coefficient (Wildman–Crippen LogP) is -0.601. The molecule has 2 atom stereocenters. The fraction of sp³-hybridized carbons (Fsp3) is 0.636. The Labute approximate surface area is 114 Å². The quantitative estimate of drug-likeness (QED) is 0.584. The second-order valence-electron chi connectivity index (χ2n) is 4.66. The van der Waals surface area contributed by atoms with Crippen molar-refractivity contribution in [1.29, 1.82) is 0 Å². The number of nitrogens with zero attached hydrogens (tertiary/aromatic N) is 4. The highest BCUT2D eigenvalue weighted by Crippen LogP contribution is 2.13. The zero-order valence-corrected chi connectivity index (χ0v) is 11.0. The maximum absolute atomic E-state index is 12.2. The molecule has 1 aromatic rings. The van der Waals surface area contributed by atoms with Gasteiger partial charge in [0.1, 0.15) is 6.54 Å². The predicted molar refractivity (Wildman–Crippen MR) is 66.9 cm³/mol. The average Bonchev–Trinajstić information content (AvgIpc) is 2.88. The minimum atomic E-state index is -0.611. The van der Waals surface area contributed by atoms with Crippen molar-refractivity contribution in [1.82, 2.24) is 14.7 Å². The largest absolute Gasteiger partial charge is 0.394 e. The van der Waals surface area contributed by atoms with Gasteiger partial charge < -0.3 is 24.9 Å². The molecule has 0 saturated carbocycles. The van der Waals surface area contributed by atoms with E-state index in [1.807, 2.05) is 6.92 Å². The van der Waals surface area contributed by atoms with Crippen LogP contribution in [0.25, 0.3) is 0 Å². The monoisotopic (exact) mass is 284 g/mol. The summed E-state index contributed by atoms with van der Waals surface area (Å²) in [6.45, 7) is 2.28. The Kier molecular flexibility index (Phi) is 4.30. The first-order valence-electron chi connectivity index (χ1n) is 6.21. The van der Waals surface area contributed by atoms with E-state index in [0.29, 0.717) is 13.2 Å². The van der Waals surface area contributed by atoms with Gasteiger partial charge in [-0.1, -0.05) is 0 Å². The molecule has 0 aliphatic carbocycles. The molecule has 9 nitrogen and oxygen atoms in total. The summed E-state index contributed by atoms with van der Waals surface area (Å²) >= 11 is 0. The Morgan fingerprint density at radius 3 is 3.05 bits per heavy atom. The van der Waals surface area contributed by atoms with Crippen LogP contribution in [-0.4, -0.2) is 62.5 Å². The van der Waals surface area contributed by atoms with E-state index in [2.05, 4.69) is 5.10 Å². The van der Waals surface area contributed by atoms with Gasteiger partial charge >= 0.3 is 5.82 Å². The second-order valence-corrected chi connectivity index (χ2v) is 4.66. The van der Waals surface area contributed by atoms with Crippen LogP contribution in [0.3, 0.4) is 0 Å². The third-order valence-corrected chi connectivity index (χ3v) is 3.14. The lowest BCUT2D eigenvalue weighted by molar-refractivity contribution is -0.389. The normalized spacial score (nSPS) is 22.8. The second kappa shape index (κ2) is 5.97. The Morgan fingerprint density at radius 1 is 1.70 bits per heavy atom. The van der Waals surface area contributed by atoms with Crippen molar-refractivity contribution >= 4 is 11.7 Å². The summed E-state index contributed by atoms with van der Waals surface area (Å²) in [5, 5.41) is 23.3. The van der Waals surface area contributed by atoms with Crippen molar-refractivity contribution in [3.63, 3.8) is 0 Å². The lowest BCUT2D eigenvalue weighted by Crippen LogP contribution is -2.52. The van der Waals surface area contributed by atoms with E-state index in [1.165, 1.54) is 16.9 Å². The van der Waals surface area contributed by atoms with E-state index in [9.17, 15) is 14.9 Å². The Morgan fingerprint density at radius 2 is 2.45 bits per heavy atom. The van der Waals surface area contributed by atoms with Crippen LogP contribution in [0.1, 0.15) is 6.92 Å². The van der Waals surface area contributed by atoms with Crippen LogP contribution in [0.5, 0.6) is 0 Å². The molecule has 0 aromatic carbocycles. The number of carbonyl (C=O) groups excluding carboxylic acids is 1. The highest BCUT2D eigenvalue weighted by molar-refractivity contribution is 5.76. The minimum Gasteiger partial charge on any atom is -0.394 e. The van der Waals surface area contributed by atoms with Gasteiger partial charge in [0.25, 0.3) is 0 Å². The van der Waals surface area contributed by atoms with Crippen LogP contribution in [-0.2, 0) is 16.1 Å². The highest BCUT2D eigenvalue weighted by atomic mass is 16.6. The number of amides is 1. The van der Waals surface area contributed by atoms with E-state index >= 15 is 0 Å². The smallest absolute Gasteiger partial charge is 0.389 e. The number of hydrogen-bond acceptors (Lipinski definition) is 6. The van der Waals surface area contributed by atoms with Crippen LogP contribution >= 0.6 is 0 Å². The van der Waals surface area contributed by atoms with E-state index in [4.69, 9.17) is 9.84 Å². The fourth-order valence-electron chi connectivity index (χ4n) is 2.04. The maximum atomic E-state index is 12.2. The van der Waals surface area contributed by atoms with Crippen molar-refractivity contribution < 1.29 is 19.6 Å². The number of nitro groups is 1. The summed E-state index contributed by atoms with van der Waals surface area (Å²) in [7, 11) is 0. The van der Waals surface area contributed by atoms with E-state index < -0.39 is 4.92 Å². The zero-order chi connectivity index (χ0) is 14.7. The zero-order valence-electron chi connectivity index (χ0n) is 11.0. The van der Waals surface area contributed by atoms with Crippen LogP contribution in [0.4, 0.5) is 5.82 Å². The molecule has 1 aromatic heterocycles. The fourth-order valence-corrected chi connectivity index (χ4v) is 2.04. The number of aromatic nitrogens is 2. The van der Waals surface area contributed by atoms with Gasteiger partial charge in [-0.05, 0) is 11.8 Å². The summed E-state index contributed by atoms with van der Waals surface area (Å²) in [5.74, 6) is -0.502. The molecule has 2 heterocycles. The summed E-state index contributed by atoms with van der Waals surface area (Å²) in [6, 6.07) is 1.14.